The molecule has 9 heteroatoms. The first-order valence-corrected chi connectivity index (χ1v) is 12.3. The molecule has 0 radical (unpaired) electrons. The number of Topliss-reactive ketones (excluding diaryl/α,β-unsaturated/α-hetero) is 1. The van der Waals surface area contributed by atoms with Gasteiger partial charge in [-0.25, -0.2) is 13.4 Å². The highest BCUT2D eigenvalue weighted by Crippen LogP contribution is 2.25. The van der Waals surface area contributed by atoms with Gasteiger partial charge in [0.1, 0.15) is 5.82 Å². The number of aromatic nitrogens is 2. The number of carbonyl (C=O) groups is 1. The predicted molar refractivity (Wildman–Crippen MR) is 130 cm³/mol. The molecule has 0 aliphatic rings. The van der Waals surface area contributed by atoms with Gasteiger partial charge in [0.05, 0.1) is 28.5 Å². The highest BCUT2D eigenvalue weighted by atomic mass is 35.5. The second-order valence-electron chi connectivity index (χ2n) is 7.76. The van der Waals surface area contributed by atoms with Crippen LogP contribution in [0.2, 0.25) is 5.02 Å². The zero-order chi connectivity index (χ0) is 24.3. The van der Waals surface area contributed by atoms with E-state index in [0.717, 1.165) is 9.82 Å². The first-order chi connectivity index (χ1) is 16.3. The van der Waals surface area contributed by atoms with Gasteiger partial charge in [0, 0.05) is 18.6 Å². The molecule has 3 aromatic carbocycles. The molecule has 0 bridgehead atoms. The number of hydrogen-bond acceptors (Lipinski definition) is 5. The van der Waals surface area contributed by atoms with E-state index in [1.54, 1.807) is 41.9 Å². The van der Waals surface area contributed by atoms with Gasteiger partial charge in [-0.2, -0.15) is 9.57 Å². The smallest absolute Gasteiger partial charge is 0.243 e. The maximum atomic E-state index is 13.5. The highest BCUT2D eigenvalue weighted by Gasteiger charge is 2.32. The molecule has 172 valence electrons. The monoisotopic (exact) mass is 492 g/mol. The third-order valence-corrected chi connectivity index (χ3v) is 7.57. The summed E-state index contributed by atoms with van der Waals surface area (Å²) in [5, 5.41) is 10.2. The summed E-state index contributed by atoms with van der Waals surface area (Å²) >= 11 is 5.92. The van der Waals surface area contributed by atoms with E-state index in [9.17, 15) is 18.5 Å². The van der Waals surface area contributed by atoms with E-state index in [2.05, 4.69) is 4.98 Å². The molecular weight excluding hydrogens is 472 g/mol. The van der Waals surface area contributed by atoms with Crippen LogP contribution in [-0.4, -0.2) is 34.6 Å². The second kappa shape index (κ2) is 9.77. The molecule has 0 spiro atoms. The highest BCUT2D eigenvalue weighted by molar-refractivity contribution is 7.89. The minimum atomic E-state index is -4.05. The topological polar surface area (TPSA) is 96.1 Å². The normalized spacial score (nSPS) is 12.5. The molecule has 0 amide bonds. The number of carbonyl (C=O) groups excluding carboxylic acids is 1. The van der Waals surface area contributed by atoms with Gasteiger partial charge in [-0.1, -0.05) is 54.1 Å². The van der Waals surface area contributed by atoms with Gasteiger partial charge >= 0.3 is 0 Å². The molecule has 0 saturated carbocycles. The van der Waals surface area contributed by atoms with Crippen LogP contribution >= 0.6 is 11.6 Å². The Kier molecular flexibility index (Phi) is 6.80. The Morgan fingerprint density at radius 2 is 1.71 bits per heavy atom. The van der Waals surface area contributed by atoms with Crippen molar-refractivity contribution in [1.82, 2.24) is 13.9 Å². The molecular formula is C25H21ClN4O3S. The first-order valence-electron chi connectivity index (χ1n) is 10.4. The number of benzene rings is 3. The largest absolute Gasteiger partial charge is 0.330 e. The van der Waals surface area contributed by atoms with Crippen LogP contribution in [0.3, 0.4) is 0 Å². The fourth-order valence-corrected chi connectivity index (χ4v) is 5.25. The zero-order valence-corrected chi connectivity index (χ0v) is 19.9. The number of sulfonamides is 1. The van der Waals surface area contributed by atoms with Gasteiger partial charge in [0.25, 0.3) is 0 Å². The van der Waals surface area contributed by atoms with Crippen molar-refractivity contribution in [3.63, 3.8) is 0 Å². The van der Waals surface area contributed by atoms with Crippen LogP contribution in [0.25, 0.3) is 11.0 Å². The third-order valence-electron chi connectivity index (χ3n) is 5.52. The third kappa shape index (κ3) is 4.73. The Morgan fingerprint density at radius 1 is 1.06 bits per heavy atom. The van der Waals surface area contributed by atoms with Gasteiger partial charge in [0.2, 0.25) is 10.0 Å². The van der Waals surface area contributed by atoms with Crippen molar-refractivity contribution in [1.29, 1.82) is 5.26 Å². The van der Waals surface area contributed by atoms with E-state index in [-0.39, 0.29) is 17.3 Å². The molecule has 4 aromatic rings. The number of nitriles is 1. The summed E-state index contributed by atoms with van der Waals surface area (Å²) in [6.07, 6.45) is 0. The summed E-state index contributed by atoms with van der Waals surface area (Å²) in [4.78, 5) is 17.8. The van der Waals surface area contributed by atoms with Gasteiger partial charge in [0.15, 0.2) is 11.7 Å². The molecule has 0 aliphatic carbocycles. The number of rotatable bonds is 8. The van der Waals surface area contributed by atoms with E-state index < -0.39 is 28.3 Å². The molecule has 0 aliphatic heterocycles. The van der Waals surface area contributed by atoms with Crippen LogP contribution in [0, 0.1) is 11.3 Å². The fraction of sp³-hybridized carbons (Fsp3) is 0.160. The van der Waals surface area contributed by atoms with Crippen LogP contribution in [0.15, 0.2) is 83.8 Å². The van der Waals surface area contributed by atoms with Crippen LogP contribution in [0.1, 0.15) is 17.3 Å². The molecule has 1 heterocycles. The minimum Gasteiger partial charge on any atom is -0.330 e. The van der Waals surface area contributed by atoms with Crippen molar-refractivity contribution < 1.29 is 13.2 Å². The number of hydrogen-bond donors (Lipinski definition) is 0. The van der Waals surface area contributed by atoms with E-state index in [1.807, 2.05) is 30.3 Å². The molecule has 34 heavy (non-hydrogen) atoms. The molecule has 0 fully saturated rings. The Bertz CT molecular complexity index is 1480. The standard InChI is InChI=1S/C25H21ClN4O3S/c1-29-23-10-6-5-9-22(23)28-25(29)21(15-27)24(31)17-30(16-18-7-3-2-4-8-18)34(32,33)20-13-11-19(26)12-14-20/h2-14,21H,16-17H2,1H3. The predicted octanol–water partition coefficient (Wildman–Crippen LogP) is 4.29. The Hall–Kier alpha value is -3.51. The van der Waals surface area contributed by atoms with Crippen LogP contribution in [0.5, 0.6) is 0 Å². The number of aryl methyl sites for hydroxylation is 1. The lowest BCUT2D eigenvalue weighted by atomic mass is 10.0. The summed E-state index contributed by atoms with van der Waals surface area (Å²) in [6.45, 7) is -0.514. The number of fused-ring (bicyclic) bond motifs is 1. The number of ketones is 1. The van der Waals surface area contributed by atoms with Crippen molar-refractivity contribution in [3.05, 3.63) is 95.3 Å². The average molecular weight is 493 g/mol. The van der Waals surface area contributed by atoms with Crippen LogP contribution < -0.4 is 0 Å². The average Bonchev–Trinajstić information content (AvgIpc) is 3.16. The lowest BCUT2D eigenvalue weighted by Gasteiger charge is -2.23. The number of para-hydroxylation sites is 2. The molecule has 1 aromatic heterocycles. The Balaban J connectivity index is 1.69. The van der Waals surface area contributed by atoms with E-state index in [4.69, 9.17) is 11.6 Å². The second-order valence-corrected chi connectivity index (χ2v) is 10.1. The van der Waals surface area contributed by atoms with Crippen LogP contribution in [0.4, 0.5) is 0 Å². The summed E-state index contributed by atoms with van der Waals surface area (Å²) in [5.74, 6) is -1.51. The lowest BCUT2D eigenvalue weighted by molar-refractivity contribution is -0.119. The van der Waals surface area contributed by atoms with Crippen molar-refractivity contribution in [2.45, 2.75) is 17.4 Å². The van der Waals surface area contributed by atoms with Crippen LogP contribution in [-0.2, 0) is 28.4 Å². The fourth-order valence-electron chi connectivity index (χ4n) is 3.73. The maximum absolute atomic E-state index is 13.5. The van der Waals surface area contributed by atoms with Crippen molar-refractivity contribution >= 4 is 38.4 Å². The molecule has 0 N–H and O–H groups in total. The molecule has 1 unspecified atom stereocenters. The summed E-state index contributed by atoms with van der Waals surface area (Å²) in [6, 6.07) is 24.0. The van der Waals surface area contributed by atoms with Crippen molar-refractivity contribution in [3.8, 4) is 6.07 Å². The maximum Gasteiger partial charge on any atom is 0.243 e. The number of nitrogens with zero attached hydrogens (tertiary/aromatic N) is 4. The van der Waals surface area contributed by atoms with E-state index in [1.165, 1.54) is 24.3 Å². The number of imidazole rings is 1. The summed E-state index contributed by atoms with van der Waals surface area (Å²) < 4.78 is 29.7. The molecule has 7 nitrogen and oxygen atoms in total. The summed E-state index contributed by atoms with van der Waals surface area (Å²) in [5.41, 5.74) is 2.15. The number of halogens is 1. The summed E-state index contributed by atoms with van der Waals surface area (Å²) in [7, 11) is -2.32. The molecule has 4 rings (SSSR count). The van der Waals surface area contributed by atoms with Crippen molar-refractivity contribution in [2.75, 3.05) is 6.54 Å². The van der Waals surface area contributed by atoms with Gasteiger partial charge in [-0.3, -0.25) is 4.79 Å². The SMILES string of the molecule is Cn1c(C(C#N)C(=O)CN(Cc2ccccc2)S(=O)(=O)c2ccc(Cl)cc2)nc2ccccc21. The van der Waals surface area contributed by atoms with E-state index >= 15 is 0 Å². The van der Waals surface area contributed by atoms with Gasteiger partial charge < -0.3 is 4.57 Å². The van der Waals surface area contributed by atoms with Gasteiger partial charge in [-0.15, -0.1) is 0 Å². The quantitative estimate of drug-likeness (QED) is 0.365. The van der Waals surface area contributed by atoms with Gasteiger partial charge in [-0.05, 0) is 42.0 Å². The first kappa shape index (κ1) is 23.6. The minimum absolute atomic E-state index is 0.0110. The lowest BCUT2D eigenvalue weighted by Crippen LogP contribution is -2.37. The Labute approximate surface area is 202 Å². The molecule has 1 atom stereocenters. The zero-order valence-electron chi connectivity index (χ0n) is 18.3. The molecule has 0 saturated heterocycles. The van der Waals surface area contributed by atoms with Crippen molar-refractivity contribution in [2.24, 2.45) is 7.05 Å². The Morgan fingerprint density at radius 3 is 2.35 bits per heavy atom. The van der Waals surface area contributed by atoms with E-state index in [0.29, 0.717) is 16.1 Å².